The summed E-state index contributed by atoms with van der Waals surface area (Å²) in [6.45, 7) is 3.93. The normalized spacial score (nSPS) is 19.6. The summed E-state index contributed by atoms with van der Waals surface area (Å²) in [5.74, 6) is -2.03. The number of aliphatic hydroxyl groups is 1. The topological polar surface area (TPSA) is 49.8 Å². The van der Waals surface area contributed by atoms with Crippen LogP contribution < -0.4 is 4.74 Å². The van der Waals surface area contributed by atoms with E-state index in [0.29, 0.717) is 30.2 Å². The Labute approximate surface area is 167 Å². The van der Waals surface area contributed by atoms with Crippen LogP contribution in [0.2, 0.25) is 5.02 Å². The summed E-state index contributed by atoms with van der Waals surface area (Å²) in [7, 11) is 0. The van der Waals surface area contributed by atoms with Crippen LogP contribution in [0.3, 0.4) is 0 Å². The fourth-order valence-electron chi connectivity index (χ4n) is 3.47. The van der Waals surface area contributed by atoms with Crippen molar-refractivity contribution >= 4 is 17.5 Å². The van der Waals surface area contributed by atoms with Crippen LogP contribution in [0.15, 0.2) is 30.3 Å². The molecule has 1 saturated heterocycles. The molecule has 1 heterocycles. The quantitative estimate of drug-likeness (QED) is 0.819. The fraction of sp³-hybridized carbons (Fsp3) is 0.381. The molecule has 0 saturated carbocycles. The van der Waals surface area contributed by atoms with Crippen LogP contribution in [0, 0.1) is 25.5 Å². The van der Waals surface area contributed by atoms with Gasteiger partial charge in [-0.3, -0.25) is 4.79 Å². The molecule has 1 aliphatic rings. The molecule has 0 aromatic heterocycles. The number of aryl methyl sites for hydroxylation is 2. The number of hydrogen-bond acceptors (Lipinski definition) is 3. The number of likely N-dealkylation sites (tertiary alicyclic amines) is 1. The van der Waals surface area contributed by atoms with Crippen molar-refractivity contribution < 1.29 is 23.4 Å². The minimum atomic E-state index is -1.31. The Morgan fingerprint density at radius 3 is 2.46 bits per heavy atom. The van der Waals surface area contributed by atoms with Crippen molar-refractivity contribution in [2.24, 2.45) is 0 Å². The number of ether oxygens (including phenoxy) is 1. The molecular formula is C21H22ClF2NO3. The fourth-order valence-corrected chi connectivity index (χ4v) is 3.58. The molecule has 1 amide bonds. The molecule has 28 heavy (non-hydrogen) atoms. The van der Waals surface area contributed by atoms with Crippen LogP contribution in [0.4, 0.5) is 8.78 Å². The minimum absolute atomic E-state index is 0.0446. The van der Waals surface area contributed by atoms with Gasteiger partial charge >= 0.3 is 0 Å². The van der Waals surface area contributed by atoms with Gasteiger partial charge in [-0.1, -0.05) is 17.7 Å². The summed E-state index contributed by atoms with van der Waals surface area (Å²) in [6, 6.07) is 6.85. The lowest BCUT2D eigenvalue weighted by atomic mass is 9.93. The minimum Gasteiger partial charge on any atom is -0.491 e. The van der Waals surface area contributed by atoms with E-state index in [2.05, 4.69) is 0 Å². The third kappa shape index (κ3) is 4.28. The van der Waals surface area contributed by atoms with Gasteiger partial charge in [0.15, 0.2) is 0 Å². The van der Waals surface area contributed by atoms with Crippen molar-refractivity contribution in [2.45, 2.75) is 32.3 Å². The van der Waals surface area contributed by atoms with Gasteiger partial charge in [0.05, 0.1) is 6.54 Å². The highest BCUT2D eigenvalue weighted by molar-refractivity contribution is 6.32. The van der Waals surface area contributed by atoms with Crippen molar-refractivity contribution in [1.29, 1.82) is 0 Å². The molecule has 0 spiro atoms. The Hall–Kier alpha value is -2.18. The van der Waals surface area contributed by atoms with Gasteiger partial charge in [-0.15, -0.1) is 0 Å². The predicted molar refractivity (Wildman–Crippen MR) is 103 cm³/mol. The van der Waals surface area contributed by atoms with Crippen LogP contribution in [-0.2, 0) is 0 Å². The Kier molecular flexibility index (Phi) is 5.91. The third-order valence-electron chi connectivity index (χ3n) is 4.94. The van der Waals surface area contributed by atoms with Gasteiger partial charge in [-0.25, -0.2) is 8.78 Å². The standard InChI is InChI=1S/C21H22ClF2NO3/c1-13-9-15(10-14(2)19(13)22)28-12-21(27)7-4-8-25(11-21)20(26)18-16(23)5-3-6-17(18)24/h3,5-6,9-10,27H,4,7-8,11-12H2,1-2H3. The molecule has 3 rings (SSSR count). The molecule has 0 bridgehead atoms. The first-order valence-corrected chi connectivity index (χ1v) is 9.43. The number of piperidine rings is 1. The molecule has 0 radical (unpaired) electrons. The van der Waals surface area contributed by atoms with Gasteiger partial charge in [0, 0.05) is 11.6 Å². The lowest BCUT2D eigenvalue weighted by molar-refractivity contribution is -0.0533. The molecular weight excluding hydrogens is 388 g/mol. The molecule has 4 nitrogen and oxygen atoms in total. The predicted octanol–water partition coefficient (Wildman–Crippen LogP) is 4.28. The zero-order chi connectivity index (χ0) is 20.5. The van der Waals surface area contributed by atoms with Gasteiger partial charge in [-0.2, -0.15) is 0 Å². The van der Waals surface area contributed by atoms with E-state index >= 15 is 0 Å². The molecule has 1 aliphatic heterocycles. The van der Waals surface area contributed by atoms with Gasteiger partial charge in [0.25, 0.3) is 5.91 Å². The maximum atomic E-state index is 13.9. The second-order valence-corrected chi connectivity index (χ2v) is 7.69. The van der Waals surface area contributed by atoms with E-state index < -0.39 is 28.7 Å². The van der Waals surface area contributed by atoms with Crippen molar-refractivity contribution in [2.75, 3.05) is 19.7 Å². The highest BCUT2D eigenvalue weighted by Crippen LogP contribution is 2.29. The zero-order valence-electron chi connectivity index (χ0n) is 15.8. The second-order valence-electron chi connectivity index (χ2n) is 7.31. The van der Waals surface area contributed by atoms with E-state index in [9.17, 15) is 18.7 Å². The van der Waals surface area contributed by atoms with Crippen LogP contribution in [-0.4, -0.2) is 41.2 Å². The summed E-state index contributed by atoms with van der Waals surface area (Å²) >= 11 is 6.15. The molecule has 0 aliphatic carbocycles. The lowest BCUT2D eigenvalue weighted by Gasteiger charge is -2.39. The Morgan fingerprint density at radius 1 is 1.25 bits per heavy atom. The van der Waals surface area contributed by atoms with E-state index in [0.717, 1.165) is 23.3 Å². The zero-order valence-corrected chi connectivity index (χ0v) is 16.5. The monoisotopic (exact) mass is 409 g/mol. The number of nitrogens with zero attached hydrogens (tertiary/aromatic N) is 1. The van der Waals surface area contributed by atoms with Gasteiger partial charge < -0.3 is 14.7 Å². The summed E-state index contributed by atoms with van der Waals surface area (Å²) in [4.78, 5) is 13.9. The highest BCUT2D eigenvalue weighted by atomic mass is 35.5. The summed E-state index contributed by atoms with van der Waals surface area (Å²) in [5, 5.41) is 11.6. The van der Waals surface area contributed by atoms with Gasteiger partial charge in [-0.05, 0) is 62.1 Å². The van der Waals surface area contributed by atoms with Gasteiger partial charge in [0.2, 0.25) is 0 Å². The molecule has 1 unspecified atom stereocenters. The largest absolute Gasteiger partial charge is 0.491 e. The van der Waals surface area contributed by atoms with Crippen molar-refractivity contribution in [3.05, 3.63) is 63.7 Å². The summed E-state index contributed by atoms with van der Waals surface area (Å²) in [6.07, 6.45) is 0.919. The lowest BCUT2D eigenvalue weighted by Crippen LogP contribution is -2.53. The van der Waals surface area contributed by atoms with Crippen molar-refractivity contribution in [1.82, 2.24) is 4.90 Å². The summed E-state index contributed by atoms with van der Waals surface area (Å²) < 4.78 is 33.6. The number of β-amino-alcohol motifs (C(OH)–C–C–N with tert-alkyl or cyclic N) is 1. The Bertz CT molecular complexity index is 862. The molecule has 150 valence electrons. The Morgan fingerprint density at radius 2 is 1.86 bits per heavy atom. The maximum absolute atomic E-state index is 13.9. The smallest absolute Gasteiger partial charge is 0.259 e. The van der Waals surface area contributed by atoms with Crippen LogP contribution in [0.5, 0.6) is 5.75 Å². The summed E-state index contributed by atoms with van der Waals surface area (Å²) in [5.41, 5.74) is -0.188. The second kappa shape index (κ2) is 8.05. The van der Waals surface area contributed by atoms with Crippen LogP contribution in [0.1, 0.15) is 34.3 Å². The van der Waals surface area contributed by atoms with Crippen LogP contribution >= 0.6 is 11.6 Å². The van der Waals surface area contributed by atoms with E-state index in [1.54, 1.807) is 12.1 Å². The van der Waals surface area contributed by atoms with E-state index in [-0.39, 0.29) is 13.2 Å². The highest BCUT2D eigenvalue weighted by Gasteiger charge is 2.37. The number of carbonyl (C=O) groups is 1. The van der Waals surface area contributed by atoms with Gasteiger partial charge in [0.1, 0.15) is 35.2 Å². The maximum Gasteiger partial charge on any atom is 0.259 e. The number of benzene rings is 2. The Balaban J connectivity index is 1.72. The van der Waals surface area contributed by atoms with Crippen molar-refractivity contribution in [3.63, 3.8) is 0 Å². The number of hydrogen-bond donors (Lipinski definition) is 1. The van der Waals surface area contributed by atoms with E-state index in [1.807, 2.05) is 13.8 Å². The van der Waals surface area contributed by atoms with Crippen LogP contribution in [0.25, 0.3) is 0 Å². The first kappa shape index (κ1) is 20.6. The van der Waals surface area contributed by atoms with E-state index in [1.165, 1.54) is 11.0 Å². The molecule has 2 aromatic rings. The molecule has 1 N–H and O–H groups in total. The van der Waals surface area contributed by atoms with Crippen molar-refractivity contribution in [3.8, 4) is 5.75 Å². The number of carbonyl (C=O) groups excluding carboxylic acids is 1. The molecule has 1 atom stereocenters. The average Bonchev–Trinajstić information content (AvgIpc) is 2.64. The number of rotatable bonds is 4. The first-order chi connectivity index (χ1) is 13.2. The van der Waals surface area contributed by atoms with E-state index in [4.69, 9.17) is 16.3 Å². The molecule has 1 fully saturated rings. The average molecular weight is 410 g/mol. The molecule has 7 heteroatoms. The number of halogens is 3. The third-order valence-corrected chi connectivity index (χ3v) is 5.53. The molecule has 2 aromatic carbocycles. The number of amides is 1. The SMILES string of the molecule is Cc1cc(OCC2(O)CCCN(C(=O)c3c(F)cccc3F)C2)cc(C)c1Cl. The first-order valence-electron chi connectivity index (χ1n) is 9.05.